The van der Waals surface area contributed by atoms with E-state index in [0.717, 1.165) is 37.2 Å². The molecule has 0 saturated heterocycles. The SMILES string of the molecule is O=C(Cn1cnc2ccccc2c1=O)NCCCCCc1nnc2ccccn12. The molecule has 29 heavy (non-hydrogen) atoms. The summed E-state index contributed by atoms with van der Waals surface area (Å²) in [6.07, 6.45) is 7.05. The molecule has 0 aliphatic heterocycles. The molecule has 0 saturated carbocycles. The molecular weight excluding hydrogens is 368 g/mol. The third-order valence-corrected chi connectivity index (χ3v) is 4.83. The molecule has 1 N–H and O–H groups in total. The van der Waals surface area contributed by atoms with Crippen molar-refractivity contribution in [2.45, 2.75) is 32.2 Å². The van der Waals surface area contributed by atoms with Crippen LogP contribution < -0.4 is 10.9 Å². The average molecular weight is 390 g/mol. The highest BCUT2D eigenvalue weighted by Gasteiger charge is 2.08. The molecule has 0 bridgehead atoms. The zero-order valence-electron chi connectivity index (χ0n) is 16.0. The number of para-hydroxylation sites is 1. The largest absolute Gasteiger partial charge is 0.355 e. The summed E-state index contributed by atoms with van der Waals surface area (Å²) in [6, 6.07) is 13.0. The van der Waals surface area contributed by atoms with Crippen LogP contribution in [0.15, 0.2) is 59.8 Å². The third kappa shape index (κ3) is 4.31. The Balaban J connectivity index is 1.21. The van der Waals surface area contributed by atoms with E-state index in [1.807, 2.05) is 34.9 Å². The standard InChI is InChI=1S/C21H22N6O2/c28-20(14-26-15-23-17-9-4-3-8-16(17)21(26)29)22-12-6-1-2-10-18-24-25-19-11-5-7-13-27(18)19/h3-5,7-9,11,13,15H,1-2,6,10,12,14H2,(H,22,28). The number of unbranched alkanes of at least 4 members (excludes halogenated alkanes) is 2. The van der Waals surface area contributed by atoms with Crippen LogP contribution in [0, 0.1) is 0 Å². The van der Waals surface area contributed by atoms with E-state index in [4.69, 9.17) is 0 Å². The lowest BCUT2D eigenvalue weighted by Crippen LogP contribution is -2.33. The van der Waals surface area contributed by atoms with Gasteiger partial charge in [0.05, 0.1) is 17.2 Å². The lowest BCUT2D eigenvalue weighted by atomic mass is 10.2. The minimum absolute atomic E-state index is 0.0254. The fourth-order valence-electron chi connectivity index (χ4n) is 3.30. The second kappa shape index (κ2) is 8.64. The molecule has 8 heteroatoms. The van der Waals surface area contributed by atoms with Crippen molar-refractivity contribution in [3.05, 3.63) is 71.2 Å². The summed E-state index contributed by atoms with van der Waals surface area (Å²) in [6.45, 7) is 0.553. The van der Waals surface area contributed by atoms with Gasteiger partial charge in [0.25, 0.3) is 5.56 Å². The first-order valence-electron chi connectivity index (χ1n) is 9.72. The molecule has 0 unspecified atom stereocenters. The minimum atomic E-state index is -0.203. The van der Waals surface area contributed by atoms with Crippen molar-refractivity contribution in [1.82, 2.24) is 29.5 Å². The lowest BCUT2D eigenvalue weighted by molar-refractivity contribution is -0.121. The molecule has 0 spiro atoms. The molecule has 0 atom stereocenters. The van der Waals surface area contributed by atoms with Crippen LogP contribution in [0.25, 0.3) is 16.6 Å². The van der Waals surface area contributed by atoms with Crippen LogP contribution in [0.2, 0.25) is 0 Å². The van der Waals surface area contributed by atoms with Crippen LogP contribution in [-0.2, 0) is 17.8 Å². The molecule has 0 radical (unpaired) electrons. The minimum Gasteiger partial charge on any atom is -0.355 e. The molecule has 0 aliphatic carbocycles. The topological polar surface area (TPSA) is 94.2 Å². The van der Waals surface area contributed by atoms with Crippen molar-refractivity contribution in [3.8, 4) is 0 Å². The first kappa shape index (κ1) is 18.8. The molecule has 3 heterocycles. The zero-order chi connectivity index (χ0) is 20.1. The molecular formula is C21H22N6O2. The van der Waals surface area contributed by atoms with Gasteiger partial charge in [-0.05, 0) is 37.1 Å². The van der Waals surface area contributed by atoms with E-state index in [2.05, 4.69) is 20.5 Å². The number of benzene rings is 1. The quantitative estimate of drug-likeness (QED) is 0.464. The molecule has 0 aliphatic rings. The van der Waals surface area contributed by atoms with E-state index in [1.165, 1.54) is 10.9 Å². The van der Waals surface area contributed by atoms with Gasteiger partial charge in [0.1, 0.15) is 12.4 Å². The van der Waals surface area contributed by atoms with Crippen LogP contribution in [0.5, 0.6) is 0 Å². The van der Waals surface area contributed by atoms with E-state index < -0.39 is 0 Å². The van der Waals surface area contributed by atoms with Crippen molar-refractivity contribution in [2.75, 3.05) is 6.54 Å². The molecule has 4 aromatic rings. The van der Waals surface area contributed by atoms with Gasteiger partial charge in [-0.25, -0.2) is 4.98 Å². The van der Waals surface area contributed by atoms with E-state index in [1.54, 1.807) is 18.2 Å². The maximum Gasteiger partial charge on any atom is 0.261 e. The van der Waals surface area contributed by atoms with Gasteiger partial charge in [-0.3, -0.25) is 18.6 Å². The third-order valence-electron chi connectivity index (χ3n) is 4.83. The molecule has 3 aromatic heterocycles. The number of aryl methyl sites for hydroxylation is 1. The average Bonchev–Trinajstić information content (AvgIpc) is 3.16. The predicted octanol–water partition coefficient (Wildman–Crippen LogP) is 1.97. The van der Waals surface area contributed by atoms with E-state index in [-0.39, 0.29) is 18.0 Å². The normalized spacial score (nSPS) is 11.2. The number of fused-ring (bicyclic) bond motifs is 2. The number of amides is 1. The van der Waals surface area contributed by atoms with Gasteiger partial charge in [-0.1, -0.05) is 24.6 Å². The molecule has 1 amide bonds. The summed E-state index contributed by atoms with van der Waals surface area (Å²) < 4.78 is 3.34. The van der Waals surface area contributed by atoms with Gasteiger partial charge in [-0.15, -0.1) is 10.2 Å². The summed E-state index contributed by atoms with van der Waals surface area (Å²) in [7, 11) is 0. The van der Waals surface area contributed by atoms with Crippen molar-refractivity contribution in [3.63, 3.8) is 0 Å². The second-order valence-electron chi connectivity index (χ2n) is 6.90. The van der Waals surface area contributed by atoms with E-state index in [0.29, 0.717) is 17.4 Å². The first-order chi connectivity index (χ1) is 14.2. The highest BCUT2D eigenvalue weighted by molar-refractivity contribution is 5.78. The monoisotopic (exact) mass is 390 g/mol. The smallest absolute Gasteiger partial charge is 0.261 e. The summed E-state index contributed by atoms with van der Waals surface area (Å²) >= 11 is 0. The fourth-order valence-corrected chi connectivity index (χ4v) is 3.30. The number of carbonyl (C=O) groups excluding carboxylic acids is 1. The Labute approximate surface area is 167 Å². The van der Waals surface area contributed by atoms with Crippen LogP contribution in [0.3, 0.4) is 0 Å². The Kier molecular flexibility index (Phi) is 5.60. The van der Waals surface area contributed by atoms with E-state index in [9.17, 15) is 9.59 Å². The number of hydrogen-bond acceptors (Lipinski definition) is 5. The second-order valence-corrected chi connectivity index (χ2v) is 6.90. The Morgan fingerprint density at radius 2 is 1.86 bits per heavy atom. The summed E-state index contributed by atoms with van der Waals surface area (Å²) in [4.78, 5) is 28.8. The van der Waals surface area contributed by atoms with Crippen LogP contribution >= 0.6 is 0 Å². The molecule has 0 fully saturated rings. The number of aromatic nitrogens is 5. The van der Waals surface area contributed by atoms with Crippen molar-refractivity contribution >= 4 is 22.5 Å². The number of hydrogen-bond donors (Lipinski definition) is 1. The highest BCUT2D eigenvalue weighted by atomic mass is 16.2. The maximum atomic E-state index is 12.4. The maximum absolute atomic E-state index is 12.4. The van der Waals surface area contributed by atoms with Crippen molar-refractivity contribution in [1.29, 1.82) is 0 Å². The Morgan fingerprint density at radius 1 is 1.00 bits per heavy atom. The molecule has 1 aromatic carbocycles. The number of rotatable bonds is 8. The molecule has 8 nitrogen and oxygen atoms in total. The van der Waals surface area contributed by atoms with Gasteiger partial charge >= 0.3 is 0 Å². The van der Waals surface area contributed by atoms with Crippen LogP contribution in [0.1, 0.15) is 25.1 Å². The Hall–Kier alpha value is -3.55. The van der Waals surface area contributed by atoms with Crippen molar-refractivity contribution < 1.29 is 4.79 Å². The number of pyridine rings is 1. The highest BCUT2D eigenvalue weighted by Crippen LogP contribution is 2.07. The first-order valence-corrected chi connectivity index (χ1v) is 9.72. The van der Waals surface area contributed by atoms with Gasteiger partial charge in [0.15, 0.2) is 5.65 Å². The number of carbonyl (C=O) groups is 1. The van der Waals surface area contributed by atoms with Gasteiger partial charge in [0.2, 0.25) is 5.91 Å². The van der Waals surface area contributed by atoms with Gasteiger partial charge in [-0.2, -0.15) is 0 Å². The fraction of sp³-hybridized carbons (Fsp3) is 0.286. The Bertz CT molecular complexity index is 1200. The number of nitrogens with zero attached hydrogens (tertiary/aromatic N) is 5. The van der Waals surface area contributed by atoms with Gasteiger partial charge in [0, 0.05) is 19.2 Å². The zero-order valence-corrected chi connectivity index (χ0v) is 16.0. The Morgan fingerprint density at radius 3 is 2.79 bits per heavy atom. The predicted molar refractivity (Wildman–Crippen MR) is 110 cm³/mol. The van der Waals surface area contributed by atoms with Crippen molar-refractivity contribution in [2.24, 2.45) is 0 Å². The molecule has 4 rings (SSSR count). The summed E-state index contributed by atoms with van der Waals surface area (Å²) in [5.74, 6) is 0.764. The summed E-state index contributed by atoms with van der Waals surface area (Å²) in [5, 5.41) is 11.8. The van der Waals surface area contributed by atoms with Crippen LogP contribution in [0.4, 0.5) is 0 Å². The van der Waals surface area contributed by atoms with E-state index >= 15 is 0 Å². The van der Waals surface area contributed by atoms with Gasteiger partial charge < -0.3 is 5.32 Å². The number of nitrogens with one attached hydrogen (secondary N) is 1. The van der Waals surface area contributed by atoms with Crippen LogP contribution in [-0.4, -0.2) is 36.6 Å². The molecule has 148 valence electrons. The summed E-state index contributed by atoms with van der Waals surface area (Å²) in [5.41, 5.74) is 1.29. The lowest BCUT2D eigenvalue weighted by Gasteiger charge is -2.08.